The van der Waals surface area contributed by atoms with Crippen LogP contribution in [0, 0.1) is 0 Å². The van der Waals surface area contributed by atoms with Gasteiger partial charge in [0.2, 0.25) is 0 Å². The number of methoxy groups -OCH3 is 1. The van der Waals surface area contributed by atoms with Crippen LogP contribution in [0.5, 0.6) is 0 Å². The van der Waals surface area contributed by atoms with E-state index in [4.69, 9.17) is 4.74 Å². The van der Waals surface area contributed by atoms with Crippen molar-refractivity contribution in [2.45, 2.75) is 30.3 Å². The van der Waals surface area contributed by atoms with Gasteiger partial charge < -0.3 is 9.72 Å². The summed E-state index contributed by atoms with van der Waals surface area (Å²) in [6.45, 7) is 2.99. The van der Waals surface area contributed by atoms with E-state index in [1.165, 1.54) is 11.8 Å². The van der Waals surface area contributed by atoms with E-state index in [0.29, 0.717) is 41.5 Å². The van der Waals surface area contributed by atoms with Gasteiger partial charge in [0, 0.05) is 20.3 Å². The third-order valence-electron chi connectivity index (χ3n) is 3.75. The molecule has 0 fully saturated rings. The average molecular weight is 361 g/mol. The lowest BCUT2D eigenvalue weighted by atomic mass is 10.2. The smallest absolute Gasteiger partial charge is 0.343 e. The lowest BCUT2D eigenvalue weighted by molar-refractivity contribution is 0.189. The van der Waals surface area contributed by atoms with Crippen LogP contribution in [0.4, 0.5) is 0 Å². The SMILES string of the molecule is COCCCn1c(S[C@@H](C)c2nc3ccccc3c(=O)[nH]2)n[nH]c1=O. The molecule has 0 aliphatic rings. The summed E-state index contributed by atoms with van der Waals surface area (Å²) in [6, 6.07) is 7.20. The molecule has 132 valence electrons. The van der Waals surface area contributed by atoms with Crippen molar-refractivity contribution in [3.05, 3.63) is 50.9 Å². The fourth-order valence-corrected chi connectivity index (χ4v) is 3.41. The number of H-pyrrole nitrogens is 2. The van der Waals surface area contributed by atoms with Gasteiger partial charge in [0.15, 0.2) is 5.16 Å². The number of fused-ring (bicyclic) bond motifs is 1. The molecule has 3 rings (SSSR count). The highest BCUT2D eigenvalue weighted by molar-refractivity contribution is 7.99. The van der Waals surface area contributed by atoms with Crippen molar-refractivity contribution < 1.29 is 4.74 Å². The highest BCUT2D eigenvalue weighted by Crippen LogP contribution is 2.31. The maximum atomic E-state index is 12.2. The molecule has 0 bridgehead atoms. The Morgan fingerprint density at radius 2 is 2.12 bits per heavy atom. The fraction of sp³-hybridized carbons (Fsp3) is 0.375. The van der Waals surface area contributed by atoms with Crippen molar-refractivity contribution in [1.29, 1.82) is 0 Å². The van der Waals surface area contributed by atoms with Gasteiger partial charge in [-0.2, -0.15) is 0 Å². The van der Waals surface area contributed by atoms with Crippen LogP contribution in [0.25, 0.3) is 10.9 Å². The summed E-state index contributed by atoms with van der Waals surface area (Å²) >= 11 is 1.37. The maximum Gasteiger partial charge on any atom is 0.343 e. The zero-order chi connectivity index (χ0) is 17.8. The van der Waals surface area contributed by atoms with Gasteiger partial charge in [-0.05, 0) is 25.5 Å². The molecule has 2 N–H and O–H groups in total. The second kappa shape index (κ2) is 7.66. The normalized spacial score (nSPS) is 12.6. The lowest BCUT2D eigenvalue weighted by Gasteiger charge is -2.11. The number of ether oxygens (including phenoxy) is 1. The van der Waals surface area contributed by atoms with Gasteiger partial charge in [-0.15, -0.1) is 5.10 Å². The first kappa shape index (κ1) is 17.4. The molecule has 0 saturated carbocycles. The lowest BCUT2D eigenvalue weighted by Crippen LogP contribution is -2.19. The summed E-state index contributed by atoms with van der Waals surface area (Å²) in [5.41, 5.74) is 0.214. The van der Waals surface area contributed by atoms with Crippen molar-refractivity contribution in [3.63, 3.8) is 0 Å². The van der Waals surface area contributed by atoms with E-state index in [9.17, 15) is 9.59 Å². The van der Waals surface area contributed by atoms with Crippen molar-refractivity contribution >= 4 is 22.7 Å². The molecular weight excluding hydrogens is 342 g/mol. The summed E-state index contributed by atoms with van der Waals surface area (Å²) in [6.07, 6.45) is 0.711. The van der Waals surface area contributed by atoms with E-state index in [1.807, 2.05) is 13.0 Å². The molecule has 0 aliphatic carbocycles. The minimum Gasteiger partial charge on any atom is -0.385 e. The molecule has 1 aromatic carbocycles. The highest BCUT2D eigenvalue weighted by atomic mass is 32.2. The van der Waals surface area contributed by atoms with E-state index >= 15 is 0 Å². The van der Waals surface area contributed by atoms with Crippen LogP contribution in [0.1, 0.15) is 24.4 Å². The minimum atomic E-state index is -0.259. The molecule has 2 heterocycles. The number of nitrogens with one attached hydrogen (secondary N) is 2. The number of aromatic nitrogens is 5. The van der Waals surface area contributed by atoms with Crippen LogP contribution in [0.2, 0.25) is 0 Å². The Morgan fingerprint density at radius 3 is 2.92 bits per heavy atom. The molecule has 25 heavy (non-hydrogen) atoms. The Morgan fingerprint density at radius 1 is 1.32 bits per heavy atom. The molecule has 0 aliphatic heterocycles. The van der Waals surface area contributed by atoms with Gasteiger partial charge in [-0.3, -0.25) is 9.36 Å². The number of para-hydroxylation sites is 1. The number of thioether (sulfide) groups is 1. The van der Waals surface area contributed by atoms with Crippen LogP contribution in [0.15, 0.2) is 39.0 Å². The number of hydrogen-bond acceptors (Lipinski definition) is 6. The number of aromatic amines is 2. The standard InChI is InChI=1S/C16H19N5O3S/c1-10(13-17-12-7-4-3-6-11(12)14(22)18-13)25-16-20-19-15(23)21(16)8-5-9-24-2/h3-4,6-7,10H,5,8-9H2,1-2H3,(H,19,23)(H,17,18,22)/t10-/m0/s1. The molecule has 0 amide bonds. The summed E-state index contributed by atoms with van der Waals surface area (Å²) in [7, 11) is 1.62. The average Bonchev–Trinajstić information content (AvgIpc) is 2.95. The largest absolute Gasteiger partial charge is 0.385 e. The van der Waals surface area contributed by atoms with Gasteiger partial charge in [-0.1, -0.05) is 23.9 Å². The van der Waals surface area contributed by atoms with Gasteiger partial charge in [0.1, 0.15) is 5.82 Å². The van der Waals surface area contributed by atoms with E-state index in [-0.39, 0.29) is 16.5 Å². The Balaban J connectivity index is 1.84. The first-order valence-corrected chi connectivity index (χ1v) is 8.78. The number of benzene rings is 1. The number of rotatable bonds is 7. The van der Waals surface area contributed by atoms with Crippen LogP contribution in [-0.2, 0) is 11.3 Å². The molecule has 0 spiro atoms. The zero-order valence-electron chi connectivity index (χ0n) is 14.0. The van der Waals surface area contributed by atoms with Gasteiger partial charge in [0.25, 0.3) is 5.56 Å². The molecule has 1 atom stereocenters. The van der Waals surface area contributed by atoms with Gasteiger partial charge >= 0.3 is 5.69 Å². The highest BCUT2D eigenvalue weighted by Gasteiger charge is 2.17. The summed E-state index contributed by atoms with van der Waals surface area (Å²) in [5.74, 6) is 0.549. The Labute approximate surface area is 147 Å². The second-order valence-corrected chi connectivity index (χ2v) is 6.85. The first-order chi connectivity index (χ1) is 12.1. The predicted molar refractivity (Wildman–Crippen MR) is 96.0 cm³/mol. The molecule has 9 heteroatoms. The minimum absolute atomic E-state index is 0.173. The summed E-state index contributed by atoms with van der Waals surface area (Å²) in [5, 5.41) is 7.48. The van der Waals surface area contributed by atoms with Crippen molar-refractivity contribution in [2.75, 3.05) is 13.7 Å². The zero-order valence-corrected chi connectivity index (χ0v) is 14.8. The summed E-state index contributed by atoms with van der Waals surface area (Å²) < 4.78 is 6.59. The topological polar surface area (TPSA) is 106 Å². The molecule has 8 nitrogen and oxygen atoms in total. The van der Waals surface area contributed by atoms with Crippen LogP contribution < -0.4 is 11.2 Å². The third kappa shape index (κ3) is 3.83. The van der Waals surface area contributed by atoms with Gasteiger partial charge in [-0.25, -0.2) is 14.9 Å². The molecule has 3 aromatic rings. The van der Waals surface area contributed by atoms with Crippen LogP contribution in [-0.4, -0.2) is 38.4 Å². The van der Waals surface area contributed by atoms with Crippen molar-refractivity contribution in [2.24, 2.45) is 0 Å². The molecule has 0 saturated heterocycles. The quantitative estimate of drug-likeness (QED) is 0.490. The molecule has 0 unspecified atom stereocenters. The predicted octanol–water partition coefficient (Wildman–Crippen LogP) is 1.70. The van der Waals surface area contributed by atoms with Crippen molar-refractivity contribution in [1.82, 2.24) is 24.7 Å². The van der Waals surface area contributed by atoms with E-state index < -0.39 is 0 Å². The summed E-state index contributed by atoms with van der Waals surface area (Å²) in [4.78, 5) is 31.4. The monoisotopic (exact) mass is 361 g/mol. The van der Waals surface area contributed by atoms with E-state index in [1.54, 1.807) is 29.9 Å². The molecule has 0 radical (unpaired) electrons. The molecule has 2 aromatic heterocycles. The fourth-order valence-electron chi connectivity index (χ4n) is 2.47. The van der Waals surface area contributed by atoms with Crippen LogP contribution in [0.3, 0.4) is 0 Å². The molecular formula is C16H19N5O3S. The first-order valence-electron chi connectivity index (χ1n) is 7.90. The Bertz CT molecular complexity index is 978. The van der Waals surface area contributed by atoms with Gasteiger partial charge in [0.05, 0.1) is 16.2 Å². The number of hydrogen-bond donors (Lipinski definition) is 2. The third-order valence-corrected chi connectivity index (χ3v) is 4.85. The van der Waals surface area contributed by atoms with E-state index in [2.05, 4.69) is 20.2 Å². The van der Waals surface area contributed by atoms with Crippen LogP contribution >= 0.6 is 11.8 Å². The number of nitrogens with zero attached hydrogens (tertiary/aromatic N) is 3. The van der Waals surface area contributed by atoms with Crippen molar-refractivity contribution in [3.8, 4) is 0 Å². The Hall–Kier alpha value is -2.39. The Kier molecular flexibility index (Phi) is 5.34. The van der Waals surface area contributed by atoms with E-state index in [0.717, 1.165) is 0 Å². The maximum absolute atomic E-state index is 12.2. The second-order valence-electron chi connectivity index (χ2n) is 5.54.